The highest BCUT2D eigenvalue weighted by Crippen LogP contribution is 2.36. The Morgan fingerprint density at radius 2 is 1.90 bits per heavy atom. The van der Waals surface area contributed by atoms with E-state index in [0.29, 0.717) is 48.2 Å². The van der Waals surface area contributed by atoms with E-state index in [4.69, 9.17) is 14.7 Å². The van der Waals surface area contributed by atoms with Gasteiger partial charge in [0.25, 0.3) is 0 Å². The minimum atomic E-state index is -0.462. The highest BCUT2D eigenvalue weighted by molar-refractivity contribution is 6.00. The molecule has 9 heteroatoms. The lowest BCUT2D eigenvalue weighted by atomic mass is 9.97. The molecule has 7 rings (SSSR count). The molecule has 2 aliphatic heterocycles. The van der Waals surface area contributed by atoms with Crippen LogP contribution in [0.5, 0.6) is 6.01 Å². The smallest absolute Gasteiger partial charge is 0.319 e. The predicted molar refractivity (Wildman–Crippen MR) is 151 cm³/mol. The zero-order chi connectivity index (χ0) is 27.4. The number of fused-ring (bicyclic) bond motifs is 3. The second-order valence-electron chi connectivity index (χ2n) is 10.9. The average molecular weight is 541 g/mol. The molecule has 3 aromatic carbocycles. The molecule has 0 N–H and O–H groups in total. The third kappa shape index (κ3) is 4.25. The third-order valence-corrected chi connectivity index (χ3v) is 8.38. The summed E-state index contributed by atoms with van der Waals surface area (Å²) in [7, 11) is 2.11. The van der Waals surface area contributed by atoms with Crippen molar-refractivity contribution in [3.63, 3.8) is 0 Å². The topological polar surface area (TPSA) is 59.3 Å². The van der Waals surface area contributed by atoms with Crippen molar-refractivity contribution in [2.75, 3.05) is 25.1 Å². The van der Waals surface area contributed by atoms with Gasteiger partial charge >= 0.3 is 6.01 Å². The Labute approximate surface area is 231 Å². The molecule has 7 nitrogen and oxygen atoms in total. The lowest BCUT2D eigenvalue weighted by Gasteiger charge is -2.35. The van der Waals surface area contributed by atoms with E-state index in [2.05, 4.69) is 28.8 Å². The Kier molecular flexibility index (Phi) is 6.11. The fraction of sp³-hybridized carbons (Fsp3) is 0.323. The van der Waals surface area contributed by atoms with Crippen LogP contribution in [0.1, 0.15) is 25.5 Å². The molecular formula is C31H30F2N6O. The van der Waals surface area contributed by atoms with E-state index in [1.165, 1.54) is 6.07 Å². The minimum Gasteiger partial charge on any atom is -0.462 e. The quantitative estimate of drug-likeness (QED) is 0.281. The maximum absolute atomic E-state index is 15.0. The Balaban J connectivity index is 1.35. The summed E-state index contributed by atoms with van der Waals surface area (Å²) < 4.78 is 37.6. The zero-order valence-corrected chi connectivity index (χ0v) is 22.5. The summed E-state index contributed by atoms with van der Waals surface area (Å²) in [6, 6.07) is 17.5. The molecule has 2 aliphatic rings. The lowest BCUT2D eigenvalue weighted by molar-refractivity contribution is 0.188. The molecule has 0 spiro atoms. The number of halogens is 2. The fourth-order valence-corrected chi connectivity index (χ4v) is 6.12. The van der Waals surface area contributed by atoms with Gasteiger partial charge in [-0.05, 0) is 68.1 Å². The van der Waals surface area contributed by atoms with Gasteiger partial charge in [0.2, 0.25) is 5.95 Å². The number of aromatic nitrogens is 4. The Hall–Kier alpha value is -4.11. The summed E-state index contributed by atoms with van der Waals surface area (Å²) in [6.07, 6.45) is 3.77. The van der Waals surface area contributed by atoms with Crippen LogP contribution in [0.2, 0.25) is 0 Å². The average Bonchev–Trinajstić information content (AvgIpc) is 3.54. The van der Waals surface area contributed by atoms with Crippen molar-refractivity contribution in [1.29, 1.82) is 0 Å². The molecular weight excluding hydrogens is 510 g/mol. The number of anilines is 1. The van der Waals surface area contributed by atoms with Crippen LogP contribution in [0.15, 0.2) is 60.9 Å². The molecule has 5 aromatic rings. The van der Waals surface area contributed by atoms with Crippen LogP contribution in [-0.4, -0.2) is 56.7 Å². The maximum Gasteiger partial charge on any atom is 0.319 e. The summed E-state index contributed by atoms with van der Waals surface area (Å²) in [5.41, 5.74) is 2.87. The number of hydrogen-bond donors (Lipinski definition) is 0. The van der Waals surface area contributed by atoms with Crippen LogP contribution in [0.4, 0.5) is 14.6 Å². The van der Waals surface area contributed by atoms with E-state index in [1.807, 2.05) is 47.0 Å². The highest BCUT2D eigenvalue weighted by atomic mass is 19.1. The predicted octanol–water partition coefficient (Wildman–Crippen LogP) is 5.81. The van der Waals surface area contributed by atoms with E-state index >= 15 is 0 Å². The molecule has 204 valence electrons. The number of rotatable bonds is 5. The number of hydrogen-bond acceptors (Lipinski definition) is 6. The number of likely N-dealkylation sites (tertiary alicyclic amines) is 1. The number of benzene rings is 3. The second-order valence-corrected chi connectivity index (χ2v) is 10.9. The third-order valence-electron chi connectivity index (χ3n) is 8.38. The molecule has 40 heavy (non-hydrogen) atoms. The molecule has 0 amide bonds. The molecule has 0 aliphatic carbocycles. The van der Waals surface area contributed by atoms with E-state index in [-0.39, 0.29) is 17.9 Å². The Bertz CT molecular complexity index is 1730. The highest BCUT2D eigenvalue weighted by Gasteiger charge is 2.29. The largest absolute Gasteiger partial charge is 0.462 e. The first-order valence-electron chi connectivity index (χ1n) is 13.7. The van der Waals surface area contributed by atoms with E-state index in [0.717, 1.165) is 41.3 Å². The summed E-state index contributed by atoms with van der Waals surface area (Å²) in [4.78, 5) is 18.0. The maximum atomic E-state index is 15.0. The van der Waals surface area contributed by atoms with Gasteiger partial charge in [0.15, 0.2) is 0 Å². The van der Waals surface area contributed by atoms with Crippen LogP contribution in [0.25, 0.3) is 32.8 Å². The van der Waals surface area contributed by atoms with Gasteiger partial charge in [-0.15, -0.1) is 0 Å². The number of likely N-dealkylation sites (N-methyl/N-ethyl adjacent to an activating group) is 1. The van der Waals surface area contributed by atoms with Crippen molar-refractivity contribution in [1.82, 2.24) is 24.4 Å². The normalized spacial score (nSPS) is 19.4. The van der Waals surface area contributed by atoms with Crippen LogP contribution in [0.3, 0.4) is 0 Å². The minimum absolute atomic E-state index is 0.0415. The molecule has 2 aromatic heterocycles. The standard InChI is InChI=1S/C31H30F2N6O/c1-19-15-38-18-34-29(33)27(38)16-39(19)30-24-12-11-21(23-9-3-6-20-7-4-10-25(32)28(20)23)14-26(24)35-31(36-30)40-17-22-8-5-13-37(22)2/h3-4,6-7,9-12,14,18-19,22H,5,8,13,15-17H2,1-2H3/t19-,22-/m1/s1. The van der Waals surface area contributed by atoms with Crippen LogP contribution < -0.4 is 9.64 Å². The first-order valence-corrected chi connectivity index (χ1v) is 13.7. The van der Waals surface area contributed by atoms with Gasteiger partial charge in [-0.1, -0.05) is 36.4 Å². The van der Waals surface area contributed by atoms with Gasteiger partial charge in [-0.3, -0.25) is 0 Å². The molecule has 0 unspecified atom stereocenters. The van der Waals surface area contributed by atoms with Gasteiger partial charge in [0, 0.05) is 29.4 Å². The molecule has 0 saturated carbocycles. The van der Waals surface area contributed by atoms with Gasteiger partial charge in [-0.2, -0.15) is 14.4 Å². The number of ether oxygens (including phenoxy) is 1. The van der Waals surface area contributed by atoms with Gasteiger partial charge in [-0.25, -0.2) is 9.37 Å². The lowest BCUT2D eigenvalue weighted by Crippen LogP contribution is -2.41. The molecule has 1 fully saturated rings. The molecule has 0 bridgehead atoms. The van der Waals surface area contributed by atoms with Crippen molar-refractivity contribution in [2.45, 2.75) is 44.9 Å². The van der Waals surface area contributed by atoms with Crippen LogP contribution >= 0.6 is 0 Å². The molecule has 4 heterocycles. The summed E-state index contributed by atoms with van der Waals surface area (Å²) in [6.45, 7) is 4.56. The molecule has 2 atom stereocenters. The van der Waals surface area contributed by atoms with E-state index < -0.39 is 5.95 Å². The fourth-order valence-electron chi connectivity index (χ4n) is 6.12. The summed E-state index contributed by atoms with van der Waals surface area (Å²) >= 11 is 0. The van der Waals surface area contributed by atoms with Crippen LogP contribution in [-0.2, 0) is 13.1 Å². The van der Waals surface area contributed by atoms with E-state index in [1.54, 1.807) is 12.4 Å². The molecule has 1 saturated heterocycles. The Morgan fingerprint density at radius 3 is 2.73 bits per heavy atom. The van der Waals surface area contributed by atoms with E-state index in [9.17, 15) is 8.78 Å². The van der Waals surface area contributed by atoms with Crippen molar-refractivity contribution in [2.24, 2.45) is 0 Å². The molecule has 0 radical (unpaired) electrons. The first kappa shape index (κ1) is 24.9. The second kappa shape index (κ2) is 9.82. The number of nitrogens with zero attached hydrogens (tertiary/aromatic N) is 6. The SMILES string of the molecule is C[C@@H]1Cn2cnc(F)c2CN1c1nc(OC[C@H]2CCCN2C)nc2cc(-c3cccc4cccc(F)c34)ccc12. The van der Waals surface area contributed by atoms with Gasteiger partial charge in [0.05, 0.1) is 24.1 Å². The monoisotopic (exact) mass is 540 g/mol. The zero-order valence-electron chi connectivity index (χ0n) is 22.5. The van der Waals surface area contributed by atoms with Crippen molar-refractivity contribution < 1.29 is 13.5 Å². The number of imidazole rings is 1. The summed E-state index contributed by atoms with van der Waals surface area (Å²) in [5, 5.41) is 2.24. The van der Waals surface area contributed by atoms with Gasteiger partial charge in [0.1, 0.15) is 18.2 Å². The van der Waals surface area contributed by atoms with Crippen molar-refractivity contribution >= 4 is 27.5 Å². The van der Waals surface area contributed by atoms with Crippen molar-refractivity contribution in [3.05, 3.63) is 78.4 Å². The summed E-state index contributed by atoms with van der Waals surface area (Å²) in [5.74, 6) is -0.0342. The van der Waals surface area contributed by atoms with Crippen molar-refractivity contribution in [3.8, 4) is 17.1 Å². The van der Waals surface area contributed by atoms with Crippen LogP contribution in [0, 0.1) is 11.8 Å². The van der Waals surface area contributed by atoms with Gasteiger partial charge < -0.3 is 19.1 Å². The first-order chi connectivity index (χ1) is 19.5. The Morgan fingerprint density at radius 1 is 1.05 bits per heavy atom.